The van der Waals surface area contributed by atoms with Crippen molar-refractivity contribution in [3.8, 4) is 0 Å². The molecule has 2 N–H and O–H groups in total. The molecule has 0 saturated heterocycles. The van der Waals surface area contributed by atoms with E-state index in [4.69, 9.17) is 9.84 Å². The first-order valence-corrected chi connectivity index (χ1v) is 5.32. The Hall–Kier alpha value is -1.36. The molecule has 5 nitrogen and oxygen atoms in total. The van der Waals surface area contributed by atoms with Crippen LogP contribution in [0.5, 0.6) is 0 Å². The molecule has 0 saturated carbocycles. The van der Waals surface area contributed by atoms with Gasteiger partial charge in [0.05, 0.1) is 0 Å². The molecule has 0 heterocycles. The van der Waals surface area contributed by atoms with Crippen LogP contribution < -0.4 is 5.32 Å². The van der Waals surface area contributed by atoms with Gasteiger partial charge in [-0.15, -0.1) is 6.58 Å². The fraction of sp³-hybridized carbons (Fsp3) is 0.636. The molecule has 0 aromatic heterocycles. The second-order valence-electron chi connectivity index (χ2n) is 3.38. The molecule has 1 unspecified atom stereocenters. The van der Waals surface area contributed by atoms with Crippen LogP contribution in [0.15, 0.2) is 12.7 Å². The number of carbonyl (C=O) groups is 2. The van der Waals surface area contributed by atoms with Crippen LogP contribution in [0.2, 0.25) is 0 Å². The van der Waals surface area contributed by atoms with Crippen molar-refractivity contribution < 1.29 is 19.4 Å². The lowest BCUT2D eigenvalue weighted by Crippen LogP contribution is -2.42. The van der Waals surface area contributed by atoms with Gasteiger partial charge < -0.3 is 15.2 Å². The number of hydrogen-bond donors (Lipinski definition) is 2. The number of nitrogens with one attached hydrogen (secondary N) is 1. The van der Waals surface area contributed by atoms with Gasteiger partial charge in [0.2, 0.25) is 5.91 Å². The van der Waals surface area contributed by atoms with Gasteiger partial charge in [0.15, 0.2) is 0 Å². The van der Waals surface area contributed by atoms with Crippen molar-refractivity contribution >= 4 is 11.9 Å². The smallest absolute Gasteiger partial charge is 0.326 e. The molecule has 0 aromatic rings. The summed E-state index contributed by atoms with van der Waals surface area (Å²) in [6.07, 6.45) is 3.34. The summed E-state index contributed by atoms with van der Waals surface area (Å²) >= 11 is 0. The molecule has 16 heavy (non-hydrogen) atoms. The topological polar surface area (TPSA) is 75.6 Å². The summed E-state index contributed by atoms with van der Waals surface area (Å²) in [6, 6.07) is -0.865. The summed E-state index contributed by atoms with van der Waals surface area (Å²) < 4.78 is 5.00. The van der Waals surface area contributed by atoms with Crippen LogP contribution >= 0.6 is 0 Å². The summed E-state index contributed by atoms with van der Waals surface area (Å²) in [7, 11) is 0. The molecular weight excluding hydrogens is 210 g/mol. The van der Waals surface area contributed by atoms with Crippen LogP contribution in [0.25, 0.3) is 0 Å². The van der Waals surface area contributed by atoms with Crippen molar-refractivity contribution in [2.45, 2.75) is 32.2 Å². The van der Waals surface area contributed by atoms with E-state index < -0.39 is 17.9 Å². The van der Waals surface area contributed by atoms with Crippen molar-refractivity contribution in [3.05, 3.63) is 12.7 Å². The second kappa shape index (κ2) is 8.91. The van der Waals surface area contributed by atoms with Gasteiger partial charge in [-0.2, -0.15) is 0 Å². The Kier molecular flexibility index (Phi) is 8.15. The molecule has 5 heteroatoms. The van der Waals surface area contributed by atoms with Crippen LogP contribution in [0, 0.1) is 0 Å². The minimum Gasteiger partial charge on any atom is -0.480 e. The lowest BCUT2D eigenvalue weighted by molar-refractivity contribution is -0.142. The van der Waals surface area contributed by atoms with E-state index in [1.54, 1.807) is 6.08 Å². The second-order valence-corrected chi connectivity index (χ2v) is 3.38. The maximum absolute atomic E-state index is 11.3. The molecule has 0 aliphatic rings. The van der Waals surface area contributed by atoms with Crippen LogP contribution in [0.1, 0.15) is 26.2 Å². The highest BCUT2D eigenvalue weighted by Gasteiger charge is 2.18. The zero-order valence-corrected chi connectivity index (χ0v) is 9.57. The van der Waals surface area contributed by atoms with Gasteiger partial charge in [-0.3, -0.25) is 4.79 Å². The highest BCUT2D eigenvalue weighted by atomic mass is 16.5. The van der Waals surface area contributed by atoms with Crippen LogP contribution in [0.4, 0.5) is 0 Å². The maximum atomic E-state index is 11.3. The van der Waals surface area contributed by atoms with Gasteiger partial charge in [-0.05, 0) is 19.3 Å². The average Bonchev–Trinajstić information content (AvgIpc) is 2.24. The number of ether oxygens (including phenoxy) is 1. The minimum atomic E-state index is -1.04. The lowest BCUT2D eigenvalue weighted by Gasteiger charge is -2.13. The van der Waals surface area contributed by atoms with Crippen LogP contribution in [0.3, 0.4) is 0 Å². The summed E-state index contributed by atoms with van der Waals surface area (Å²) in [4.78, 5) is 22.1. The number of hydrogen-bond acceptors (Lipinski definition) is 3. The van der Waals surface area contributed by atoms with Crippen LogP contribution in [-0.4, -0.2) is 36.2 Å². The zero-order chi connectivity index (χ0) is 12.4. The quantitative estimate of drug-likeness (QED) is 0.456. The number of amides is 1. The fourth-order valence-electron chi connectivity index (χ4n) is 1.09. The third-order valence-electron chi connectivity index (χ3n) is 1.87. The Labute approximate surface area is 95.5 Å². The Morgan fingerprint density at radius 2 is 2.25 bits per heavy atom. The van der Waals surface area contributed by atoms with E-state index in [0.29, 0.717) is 19.4 Å². The highest BCUT2D eigenvalue weighted by molar-refractivity contribution is 5.84. The molecule has 0 bridgehead atoms. The molecule has 0 fully saturated rings. The Morgan fingerprint density at radius 1 is 1.56 bits per heavy atom. The van der Waals surface area contributed by atoms with Gasteiger partial charge in [-0.25, -0.2) is 4.79 Å². The van der Waals surface area contributed by atoms with E-state index in [2.05, 4.69) is 11.9 Å². The molecule has 0 radical (unpaired) electrons. The molecule has 1 amide bonds. The summed E-state index contributed by atoms with van der Waals surface area (Å²) in [5.41, 5.74) is 0. The first-order chi connectivity index (χ1) is 7.61. The SMILES string of the molecule is C=CCCC(NC(=O)COCCC)C(=O)O. The third-order valence-corrected chi connectivity index (χ3v) is 1.87. The predicted molar refractivity (Wildman–Crippen MR) is 60.1 cm³/mol. The lowest BCUT2D eigenvalue weighted by atomic mass is 10.1. The van der Waals surface area contributed by atoms with E-state index in [1.165, 1.54) is 0 Å². The van der Waals surface area contributed by atoms with Crippen molar-refractivity contribution in [2.24, 2.45) is 0 Å². The van der Waals surface area contributed by atoms with Gasteiger partial charge in [0.1, 0.15) is 12.6 Å². The van der Waals surface area contributed by atoms with E-state index in [9.17, 15) is 9.59 Å². The summed E-state index contributed by atoms with van der Waals surface area (Å²) in [6.45, 7) is 5.84. The average molecular weight is 229 g/mol. The van der Waals surface area contributed by atoms with Crippen molar-refractivity contribution in [1.82, 2.24) is 5.32 Å². The van der Waals surface area contributed by atoms with Crippen molar-refractivity contribution in [3.63, 3.8) is 0 Å². The Bertz CT molecular complexity index is 240. The molecule has 92 valence electrons. The normalized spacial score (nSPS) is 11.8. The number of aliphatic carboxylic acids is 1. The standard InChI is InChI=1S/C11H19NO4/c1-3-5-6-9(11(14)15)12-10(13)8-16-7-4-2/h3,9H,1,4-8H2,2H3,(H,12,13)(H,14,15). The first-order valence-electron chi connectivity index (χ1n) is 5.32. The summed E-state index contributed by atoms with van der Waals surface area (Å²) in [5.74, 6) is -1.43. The molecular formula is C11H19NO4. The van der Waals surface area contributed by atoms with E-state index in [-0.39, 0.29) is 6.61 Å². The molecule has 1 atom stereocenters. The summed E-state index contributed by atoms with van der Waals surface area (Å²) in [5, 5.41) is 11.2. The predicted octanol–water partition coefficient (Wildman–Crippen LogP) is 0.949. The van der Waals surface area contributed by atoms with Gasteiger partial charge in [0.25, 0.3) is 0 Å². The van der Waals surface area contributed by atoms with Crippen molar-refractivity contribution in [1.29, 1.82) is 0 Å². The Balaban J connectivity index is 3.93. The molecule has 0 rings (SSSR count). The van der Waals surface area contributed by atoms with E-state index in [0.717, 1.165) is 6.42 Å². The Morgan fingerprint density at radius 3 is 2.75 bits per heavy atom. The molecule has 0 aliphatic carbocycles. The highest BCUT2D eigenvalue weighted by Crippen LogP contribution is 1.98. The fourth-order valence-corrected chi connectivity index (χ4v) is 1.09. The van der Waals surface area contributed by atoms with Gasteiger partial charge >= 0.3 is 5.97 Å². The number of rotatable bonds is 9. The van der Waals surface area contributed by atoms with E-state index in [1.807, 2.05) is 6.92 Å². The molecule has 0 aromatic carbocycles. The van der Waals surface area contributed by atoms with Crippen molar-refractivity contribution in [2.75, 3.05) is 13.2 Å². The van der Waals surface area contributed by atoms with Gasteiger partial charge in [0, 0.05) is 6.61 Å². The third kappa shape index (κ3) is 7.00. The zero-order valence-electron chi connectivity index (χ0n) is 9.57. The van der Waals surface area contributed by atoms with Crippen LogP contribution in [-0.2, 0) is 14.3 Å². The largest absolute Gasteiger partial charge is 0.480 e. The first kappa shape index (κ1) is 14.6. The van der Waals surface area contributed by atoms with Gasteiger partial charge in [-0.1, -0.05) is 13.0 Å². The monoisotopic (exact) mass is 229 g/mol. The number of carbonyl (C=O) groups excluding carboxylic acids is 1. The molecule has 0 aliphatic heterocycles. The number of allylic oxidation sites excluding steroid dienone is 1. The van der Waals surface area contributed by atoms with E-state index >= 15 is 0 Å². The minimum absolute atomic E-state index is 0.0916. The number of carboxylic acids is 1. The molecule has 0 spiro atoms. The number of carboxylic acid groups (broad SMARTS) is 1. The maximum Gasteiger partial charge on any atom is 0.326 e.